The zero-order valence-corrected chi connectivity index (χ0v) is 21.7. The molecule has 1 unspecified atom stereocenters. The van der Waals surface area contributed by atoms with Crippen LogP contribution in [-0.4, -0.2) is 19.7 Å². The highest BCUT2D eigenvalue weighted by atomic mass is 16.5. The second-order valence-electron chi connectivity index (χ2n) is 10.3. The first kappa shape index (κ1) is 21.6. The van der Waals surface area contributed by atoms with Crippen LogP contribution in [0.15, 0.2) is 97.6 Å². The van der Waals surface area contributed by atoms with Crippen molar-refractivity contribution in [2.45, 2.75) is 19.6 Å². The van der Waals surface area contributed by atoms with E-state index in [-0.39, 0.29) is 0 Å². The number of benzene rings is 1. The number of fused-ring (bicyclic) bond motifs is 3. The molecule has 0 bridgehead atoms. The second kappa shape index (κ2) is 7.39. The zero-order valence-electron chi connectivity index (χ0n) is 21.7. The monoisotopic (exact) mass is 522 g/mol. The molecule has 1 spiro atoms. The minimum Gasteiger partial charge on any atom is -0.404 e. The van der Waals surface area contributed by atoms with Gasteiger partial charge in [-0.2, -0.15) is 5.10 Å². The third kappa shape index (κ3) is 2.48. The van der Waals surface area contributed by atoms with Gasteiger partial charge in [0.2, 0.25) is 11.3 Å². The van der Waals surface area contributed by atoms with Crippen LogP contribution in [0.5, 0.6) is 23.3 Å². The van der Waals surface area contributed by atoms with Crippen LogP contribution in [0.3, 0.4) is 0 Å². The molecule has 6 aromatic rings. The summed E-state index contributed by atoms with van der Waals surface area (Å²) < 4.78 is 19.4. The maximum atomic E-state index is 6.47. The van der Waals surface area contributed by atoms with Gasteiger partial charge in [0.25, 0.3) is 0 Å². The van der Waals surface area contributed by atoms with E-state index < -0.39 is 5.79 Å². The molecule has 3 aliphatic rings. The zero-order chi connectivity index (χ0) is 26.6. The van der Waals surface area contributed by atoms with Gasteiger partial charge in [0.15, 0.2) is 23.4 Å². The first-order chi connectivity index (χ1) is 19.7. The molecule has 190 valence electrons. The van der Waals surface area contributed by atoms with E-state index in [1.54, 1.807) is 6.20 Å². The van der Waals surface area contributed by atoms with Gasteiger partial charge in [0.05, 0.1) is 17.8 Å². The summed E-state index contributed by atoms with van der Waals surface area (Å²) in [4.78, 5) is 9.21. The summed E-state index contributed by atoms with van der Waals surface area (Å²) >= 11 is 0. The maximum absolute atomic E-state index is 6.47. The number of ether oxygens (including phenoxy) is 2. The molecule has 0 aliphatic carbocycles. The summed E-state index contributed by atoms with van der Waals surface area (Å²) in [6, 6.07) is 24.3. The molecule has 0 saturated carbocycles. The number of rotatable bonds is 2. The average molecular weight is 523 g/mol. The molecule has 0 amide bonds. The van der Waals surface area contributed by atoms with E-state index in [0.29, 0.717) is 0 Å². The first-order valence-electron chi connectivity index (χ1n) is 13.2. The van der Waals surface area contributed by atoms with Gasteiger partial charge in [-0.1, -0.05) is 21.3 Å². The Labute approximate surface area is 229 Å². The summed E-state index contributed by atoms with van der Waals surface area (Å²) in [5.74, 6) is 2.07. The molecule has 40 heavy (non-hydrogen) atoms. The minimum atomic E-state index is -0.882. The van der Waals surface area contributed by atoms with E-state index in [4.69, 9.17) is 19.6 Å². The lowest BCUT2D eigenvalue weighted by atomic mass is 10.0. The Bertz CT molecular complexity index is 2040. The fraction of sp³-hybridized carbons (Fsp3) is 0.0938. The SMILES string of the molecule is Cc1cc(-c2cccnc2)cnc1-c1nn2c(c1C)-c1cccc3[n+]1C21c2c(cccc2O3)Oc2cccc[n+]21. The topological polar surface area (TPSA) is 69.8 Å². The van der Waals surface area contributed by atoms with Crippen LogP contribution in [0.1, 0.15) is 16.7 Å². The third-order valence-electron chi connectivity index (χ3n) is 8.13. The van der Waals surface area contributed by atoms with Gasteiger partial charge < -0.3 is 9.47 Å². The summed E-state index contributed by atoms with van der Waals surface area (Å²) in [6.45, 7) is 4.22. The van der Waals surface area contributed by atoms with Crippen molar-refractivity contribution in [1.29, 1.82) is 0 Å². The molecule has 8 heteroatoms. The summed E-state index contributed by atoms with van der Waals surface area (Å²) in [7, 11) is 0. The standard InChI is InChI=1S/C32H22N6O2/c1-19-16-22(21-8-7-14-33-17-21)18-34-29(19)30-20(2)31-23-9-5-13-27-37(23)32(38(31)35-30)28-24(10-6-11-25(28)40-27)39-26-12-3-4-15-36(26)32/h3-18H,1-2H3/q+2. The van der Waals surface area contributed by atoms with Gasteiger partial charge in [-0.15, -0.1) is 4.68 Å². The number of hydrogen-bond donors (Lipinski definition) is 0. The minimum absolute atomic E-state index is 0.722. The molecule has 9 rings (SSSR count). The van der Waals surface area contributed by atoms with Gasteiger partial charge in [0, 0.05) is 47.4 Å². The fourth-order valence-electron chi connectivity index (χ4n) is 6.48. The van der Waals surface area contributed by atoms with E-state index in [9.17, 15) is 0 Å². The van der Waals surface area contributed by atoms with Crippen LogP contribution in [0, 0.1) is 13.8 Å². The third-order valence-corrected chi connectivity index (χ3v) is 8.13. The maximum Gasteiger partial charge on any atom is 0.509 e. The van der Waals surface area contributed by atoms with Crippen molar-refractivity contribution in [1.82, 2.24) is 19.7 Å². The lowest BCUT2D eigenvalue weighted by Gasteiger charge is -2.30. The highest BCUT2D eigenvalue weighted by Crippen LogP contribution is 2.51. The summed E-state index contributed by atoms with van der Waals surface area (Å²) in [5, 5.41) is 5.37. The Kier molecular flexibility index (Phi) is 3.98. The Morgan fingerprint density at radius 3 is 2.45 bits per heavy atom. The highest BCUT2D eigenvalue weighted by molar-refractivity contribution is 5.75. The largest absolute Gasteiger partial charge is 0.509 e. The molecule has 1 atom stereocenters. The van der Waals surface area contributed by atoms with Crippen molar-refractivity contribution < 1.29 is 18.6 Å². The van der Waals surface area contributed by atoms with Crippen molar-refractivity contribution >= 4 is 0 Å². The molecule has 5 aromatic heterocycles. The number of aromatic nitrogens is 6. The Morgan fingerprint density at radius 1 is 0.800 bits per heavy atom. The van der Waals surface area contributed by atoms with Crippen LogP contribution in [0.4, 0.5) is 0 Å². The molecule has 1 aromatic carbocycles. The molecule has 0 radical (unpaired) electrons. The van der Waals surface area contributed by atoms with E-state index in [0.717, 1.165) is 73.9 Å². The quantitative estimate of drug-likeness (QED) is 0.294. The molecule has 0 saturated heterocycles. The van der Waals surface area contributed by atoms with Crippen LogP contribution < -0.4 is 18.6 Å². The Morgan fingerprint density at radius 2 is 1.62 bits per heavy atom. The van der Waals surface area contributed by atoms with Crippen molar-refractivity contribution in [3.8, 4) is 57.2 Å². The predicted molar refractivity (Wildman–Crippen MR) is 145 cm³/mol. The van der Waals surface area contributed by atoms with Crippen molar-refractivity contribution in [2.75, 3.05) is 0 Å². The number of aryl methyl sites for hydroxylation is 1. The lowest BCUT2D eigenvalue weighted by Crippen LogP contribution is -2.78. The Hall–Kier alpha value is -5.37. The number of nitrogens with zero attached hydrogens (tertiary/aromatic N) is 6. The van der Waals surface area contributed by atoms with Crippen LogP contribution >= 0.6 is 0 Å². The highest BCUT2D eigenvalue weighted by Gasteiger charge is 2.72. The molecule has 8 nitrogen and oxygen atoms in total. The average Bonchev–Trinajstić information content (AvgIpc) is 3.48. The molecule has 0 N–H and O–H groups in total. The van der Waals surface area contributed by atoms with E-state index in [2.05, 4.69) is 44.8 Å². The molecule has 0 fully saturated rings. The summed E-state index contributed by atoms with van der Waals surface area (Å²) in [5.41, 5.74) is 8.82. The lowest BCUT2D eigenvalue weighted by molar-refractivity contribution is -0.985. The second-order valence-corrected chi connectivity index (χ2v) is 10.3. The number of pyridine rings is 4. The molecule has 8 heterocycles. The van der Waals surface area contributed by atoms with Gasteiger partial charge in [-0.05, 0) is 55.8 Å². The smallest absolute Gasteiger partial charge is 0.404 e. The van der Waals surface area contributed by atoms with Gasteiger partial charge in [-0.25, -0.2) is 0 Å². The summed E-state index contributed by atoms with van der Waals surface area (Å²) in [6.07, 6.45) is 7.59. The van der Waals surface area contributed by atoms with Crippen LogP contribution in [0.2, 0.25) is 0 Å². The molecule has 3 aliphatic heterocycles. The van der Waals surface area contributed by atoms with Crippen molar-refractivity contribution in [3.63, 3.8) is 0 Å². The van der Waals surface area contributed by atoms with E-state index in [1.807, 2.05) is 79.3 Å². The van der Waals surface area contributed by atoms with Gasteiger partial charge in [-0.3, -0.25) is 9.97 Å². The first-order valence-corrected chi connectivity index (χ1v) is 13.2. The van der Waals surface area contributed by atoms with Crippen LogP contribution in [0.25, 0.3) is 33.9 Å². The van der Waals surface area contributed by atoms with E-state index >= 15 is 0 Å². The predicted octanol–water partition coefficient (Wildman–Crippen LogP) is 5.15. The van der Waals surface area contributed by atoms with Gasteiger partial charge in [0.1, 0.15) is 5.69 Å². The van der Waals surface area contributed by atoms with Gasteiger partial charge >= 0.3 is 17.5 Å². The normalized spacial score (nSPS) is 16.8. The van der Waals surface area contributed by atoms with E-state index in [1.165, 1.54) is 0 Å². The van der Waals surface area contributed by atoms with Crippen molar-refractivity contribution in [2.24, 2.45) is 0 Å². The molecular weight excluding hydrogens is 500 g/mol. The number of hydrogen-bond acceptors (Lipinski definition) is 5. The molecular formula is C32H22N6O2+2. The van der Waals surface area contributed by atoms with Crippen molar-refractivity contribution in [3.05, 3.63) is 114 Å². The Balaban J connectivity index is 1.35. The van der Waals surface area contributed by atoms with Crippen LogP contribution in [-0.2, 0) is 5.79 Å². The fourth-order valence-corrected chi connectivity index (χ4v) is 6.48.